The summed E-state index contributed by atoms with van der Waals surface area (Å²) < 4.78 is 32.8. The summed E-state index contributed by atoms with van der Waals surface area (Å²) in [6.07, 6.45) is 0. The predicted molar refractivity (Wildman–Crippen MR) is 110 cm³/mol. The lowest BCUT2D eigenvalue weighted by atomic mass is 10.0. The number of nitrogens with zero attached hydrogens (tertiary/aromatic N) is 1. The zero-order chi connectivity index (χ0) is 20.3. The molecule has 8 heteroatoms. The number of rotatable bonds is 6. The summed E-state index contributed by atoms with van der Waals surface area (Å²) in [4.78, 5) is 14.1. The second kappa shape index (κ2) is 8.73. The molecule has 1 N–H and O–H groups in total. The lowest BCUT2D eigenvalue weighted by molar-refractivity contribution is 0.0730. The van der Waals surface area contributed by atoms with Crippen molar-refractivity contribution in [3.8, 4) is 0 Å². The summed E-state index contributed by atoms with van der Waals surface area (Å²) in [6.45, 7) is 7.27. The van der Waals surface area contributed by atoms with E-state index < -0.39 is 10.0 Å². The predicted octanol–water partition coefficient (Wildman–Crippen LogP) is 3.20. The van der Waals surface area contributed by atoms with Crippen molar-refractivity contribution in [3.63, 3.8) is 0 Å². The summed E-state index contributed by atoms with van der Waals surface area (Å²) in [5.74, 6) is -0.0601. The van der Waals surface area contributed by atoms with Crippen LogP contribution in [-0.4, -0.2) is 44.9 Å². The van der Waals surface area contributed by atoms with Crippen molar-refractivity contribution in [1.29, 1.82) is 0 Å². The Hall–Kier alpha value is -1.74. The summed E-state index contributed by atoms with van der Waals surface area (Å²) in [5, 5.41) is 5.04. The Morgan fingerprint density at radius 3 is 2.54 bits per heavy atom. The number of amides is 1. The Balaban J connectivity index is 1.87. The van der Waals surface area contributed by atoms with Crippen LogP contribution in [0.4, 0.5) is 0 Å². The zero-order valence-corrected chi connectivity index (χ0v) is 18.0. The fourth-order valence-corrected chi connectivity index (χ4v) is 5.81. The van der Waals surface area contributed by atoms with E-state index in [9.17, 15) is 13.2 Å². The number of carbonyl (C=O) groups is 1. The van der Waals surface area contributed by atoms with Gasteiger partial charge in [-0.1, -0.05) is 26.0 Å². The van der Waals surface area contributed by atoms with Gasteiger partial charge in [0.2, 0.25) is 10.0 Å². The van der Waals surface area contributed by atoms with Crippen molar-refractivity contribution in [2.45, 2.75) is 31.7 Å². The third-order valence-corrected chi connectivity index (χ3v) is 7.84. The molecule has 1 fully saturated rings. The number of ether oxygens (including phenoxy) is 1. The van der Waals surface area contributed by atoms with Gasteiger partial charge in [-0.2, -0.15) is 4.31 Å². The van der Waals surface area contributed by atoms with Gasteiger partial charge in [-0.15, -0.1) is 11.3 Å². The normalized spacial score (nSPS) is 16.9. The van der Waals surface area contributed by atoms with Gasteiger partial charge in [0, 0.05) is 23.5 Å². The zero-order valence-electron chi connectivity index (χ0n) is 16.3. The number of nitrogens with one attached hydrogen (secondary N) is 1. The topological polar surface area (TPSA) is 75.7 Å². The van der Waals surface area contributed by atoms with Gasteiger partial charge in [0.1, 0.15) is 0 Å². The number of hydrogen-bond donors (Lipinski definition) is 1. The van der Waals surface area contributed by atoms with Gasteiger partial charge >= 0.3 is 0 Å². The average Bonchev–Trinajstić information content (AvgIpc) is 3.21. The third-order valence-electron chi connectivity index (χ3n) is 4.84. The van der Waals surface area contributed by atoms with Crippen LogP contribution in [-0.2, 0) is 14.8 Å². The maximum Gasteiger partial charge on any atom is 0.251 e. The van der Waals surface area contributed by atoms with E-state index in [0.29, 0.717) is 37.4 Å². The minimum absolute atomic E-state index is 0.117. The lowest BCUT2D eigenvalue weighted by Gasteiger charge is -2.27. The second-order valence-electron chi connectivity index (χ2n) is 7.21. The summed E-state index contributed by atoms with van der Waals surface area (Å²) in [7, 11) is -3.66. The van der Waals surface area contributed by atoms with Crippen LogP contribution in [0.2, 0.25) is 0 Å². The number of thiophene rings is 1. The van der Waals surface area contributed by atoms with Crippen LogP contribution in [0.3, 0.4) is 0 Å². The Bertz CT molecular complexity index is 918. The van der Waals surface area contributed by atoms with Gasteiger partial charge in [-0.3, -0.25) is 4.79 Å². The van der Waals surface area contributed by atoms with E-state index in [-0.39, 0.29) is 22.8 Å². The molecule has 0 bridgehead atoms. The highest BCUT2D eigenvalue weighted by Gasteiger charge is 2.29. The smallest absolute Gasteiger partial charge is 0.251 e. The monoisotopic (exact) mass is 422 g/mol. The summed E-state index contributed by atoms with van der Waals surface area (Å²) in [5.41, 5.74) is 0.973. The quantitative estimate of drug-likeness (QED) is 0.776. The first-order valence-electron chi connectivity index (χ1n) is 9.33. The van der Waals surface area contributed by atoms with Crippen LogP contribution in [0.1, 0.15) is 40.7 Å². The Labute approximate surface area is 170 Å². The molecule has 1 amide bonds. The van der Waals surface area contributed by atoms with Crippen molar-refractivity contribution in [2.24, 2.45) is 5.92 Å². The molecular weight excluding hydrogens is 396 g/mol. The van der Waals surface area contributed by atoms with E-state index in [4.69, 9.17) is 4.74 Å². The van der Waals surface area contributed by atoms with Crippen molar-refractivity contribution in [2.75, 3.05) is 26.3 Å². The van der Waals surface area contributed by atoms with Crippen LogP contribution >= 0.6 is 11.3 Å². The molecule has 152 valence electrons. The molecule has 6 nitrogen and oxygen atoms in total. The number of morpholine rings is 1. The SMILES string of the molecule is Cc1ccc(C(=O)N[C@H](c2cccs2)C(C)C)cc1S(=O)(=O)N1CCOCC1. The van der Waals surface area contributed by atoms with Crippen LogP contribution in [0.15, 0.2) is 40.6 Å². The van der Waals surface area contributed by atoms with Crippen molar-refractivity contribution < 1.29 is 17.9 Å². The number of hydrogen-bond acceptors (Lipinski definition) is 5. The number of aryl methyl sites for hydroxylation is 1. The average molecular weight is 423 g/mol. The maximum atomic E-state index is 13.0. The highest BCUT2D eigenvalue weighted by atomic mass is 32.2. The van der Waals surface area contributed by atoms with Crippen molar-refractivity contribution in [3.05, 3.63) is 51.7 Å². The minimum Gasteiger partial charge on any atom is -0.379 e. The third kappa shape index (κ3) is 4.46. The summed E-state index contributed by atoms with van der Waals surface area (Å²) >= 11 is 1.60. The highest BCUT2D eigenvalue weighted by molar-refractivity contribution is 7.89. The lowest BCUT2D eigenvalue weighted by Crippen LogP contribution is -2.41. The number of sulfonamides is 1. The molecule has 2 heterocycles. The highest BCUT2D eigenvalue weighted by Crippen LogP contribution is 2.27. The van der Waals surface area contributed by atoms with Crippen LogP contribution in [0, 0.1) is 12.8 Å². The molecule has 0 spiro atoms. The van der Waals surface area contributed by atoms with Gasteiger partial charge in [-0.05, 0) is 42.0 Å². The molecule has 28 heavy (non-hydrogen) atoms. The van der Waals surface area contributed by atoms with Crippen molar-refractivity contribution >= 4 is 27.3 Å². The van der Waals surface area contributed by atoms with Crippen molar-refractivity contribution in [1.82, 2.24) is 9.62 Å². The molecule has 0 aliphatic carbocycles. The standard InChI is InChI=1S/C20H26N2O4S2/c1-14(2)19(17-5-4-12-27-17)21-20(23)16-7-6-15(3)18(13-16)28(24,25)22-8-10-26-11-9-22/h4-7,12-14,19H,8-11H2,1-3H3,(H,21,23)/t19-/m0/s1. The van der Waals surface area contributed by atoms with E-state index in [1.807, 2.05) is 31.4 Å². The van der Waals surface area contributed by atoms with E-state index >= 15 is 0 Å². The molecular formula is C20H26N2O4S2. The molecule has 1 aromatic heterocycles. The van der Waals surface area contributed by atoms with Gasteiger partial charge < -0.3 is 10.1 Å². The van der Waals surface area contributed by atoms with E-state index in [1.54, 1.807) is 30.4 Å². The maximum absolute atomic E-state index is 13.0. The summed E-state index contributed by atoms with van der Waals surface area (Å²) in [6, 6.07) is 8.70. The number of carbonyl (C=O) groups excluding carboxylic acids is 1. The molecule has 1 saturated heterocycles. The fourth-order valence-electron chi connectivity index (χ4n) is 3.20. The van der Waals surface area contributed by atoms with E-state index in [0.717, 1.165) is 4.88 Å². The molecule has 2 aromatic rings. The Morgan fingerprint density at radius 2 is 1.93 bits per heavy atom. The van der Waals surface area contributed by atoms with Gasteiger partial charge in [0.25, 0.3) is 5.91 Å². The molecule has 1 aliphatic rings. The first kappa shape index (κ1) is 21.0. The molecule has 0 unspecified atom stereocenters. The fraction of sp³-hybridized carbons (Fsp3) is 0.450. The Kier molecular flexibility index (Phi) is 6.54. The van der Waals surface area contributed by atoms with Crippen LogP contribution in [0.5, 0.6) is 0 Å². The van der Waals surface area contributed by atoms with Gasteiger partial charge in [0.15, 0.2) is 0 Å². The first-order chi connectivity index (χ1) is 13.3. The molecule has 1 aliphatic heterocycles. The molecule has 0 radical (unpaired) electrons. The van der Waals surface area contributed by atoms with E-state index in [2.05, 4.69) is 5.32 Å². The van der Waals surface area contributed by atoms with E-state index in [1.165, 1.54) is 10.4 Å². The molecule has 0 saturated carbocycles. The van der Waals surface area contributed by atoms with Crippen LogP contribution in [0.25, 0.3) is 0 Å². The molecule has 1 atom stereocenters. The number of benzene rings is 1. The van der Waals surface area contributed by atoms with Gasteiger partial charge in [0.05, 0.1) is 24.2 Å². The molecule has 3 rings (SSSR count). The van der Waals surface area contributed by atoms with Crippen LogP contribution < -0.4 is 5.32 Å². The largest absolute Gasteiger partial charge is 0.379 e. The molecule has 1 aromatic carbocycles. The minimum atomic E-state index is -3.66. The first-order valence-corrected chi connectivity index (χ1v) is 11.7. The van der Waals surface area contributed by atoms with Gasteiger partial charge in [-0.25, -0.2) is 8.42 Å². The second-order valence-corrected chi connectivity index (χ2v) is 10.1. The Morgan fingerprint density at radius 1 is 1.21 bits per heavy atom.